The molecular formula is C21H24ClF3N2O6S. The largest absolute Gasteiger partial charge is 0.597 e. The van der Waals surface area contributed by atoms with Crippen molar-refractivity contribution in [2.75, 3.05) is 13.2 Å². The molecule has 1 aliphatic rings. The average molecular weight is 525 g/mol. The van der Waals surface area contributed by atoms with Gasteiger partial charge >= 0.3 is 12.1 Å². The fraction of sp³-hybridized carbons (Fsp3) is 0.476. The van der Waals surface area contributed by atoms with Crippen LogP contribution in [-0.2, 0) is 42.1 Å². The Morgan fingerprint density at radius 3 is 2.47 bits per heavy atom. The molecule has 1 aromatic carbocycles. The maximum atomic E-state index is 12.7. The number of halogens is 4. The minimum Gasteiger partial charge on any atom is -0.597 e. The molecule has 188 valence electrons. The average Bonchev–Trinajstić information content (AvgIpc) is 2.74. The zero-order valence-electron chi connectivity index (χ0n) is 18.3. The molecule has 8 nitrogen and oxygen atoms in total. The van der Waals surface area contributed by atoms with Crippen molar-refractivity contribution in [2.24, 2.45) is 0 Å². The third-order valence-electron chi connectivity index (χ3n) is 5.05. The lowest BCUT2D eigenvalue weighted by Gasteiger charge is -2.46. The third kappa shape index (κ3) is 6.87. The van der Waals surface area contributed by atoms with Gasteiger partial charge in [-0.1, -0.05) is 25.1 Å². The molecule has 2 amide bonds. The van der Waals surface area contributed by atoms with Gasteiger partial charge < -0.3 is 19.7 Å². The lowest BCUT2D eigenvalue weighted by atomic mass is 9.98. The second-order valence-corrected chi connectivity index (χ2v) is 9.46. The Morgan fingerprint density at radius 1 is 1.35 bits per heavy atom. The van der Waals surface area contributed by atoms with Crippen LogP contribution in [0.5, 0.6) is 0 Å². The van der Waals surface area contributed by atoms with Gasteiger partial charge in [-0.2, -0.15) is 13.2 Å². The van der Waals surface area contributed by atoms with Crippen molar-refractivity contribution in [3.05, 3.63) is 47.0 Å². The van der Waals surface area contributed by atoms with Crippen LogP contribution in [0.4, 0.5) is 13.2 Å². The second kappa shape index (κ2) is 11.9. The smallest absolute Gasteiger partial charge is 0.416 e. The van der Waals surface area contributed by atoms with E-state index >= 15 is 0 Å². The lowest BCUT2D eigenvalue weighted by Crippen LogP contribution is -2.75. The fourth-order valence-corrected chi connectivity index (χ4v) is 4.74. The van der Waals surface area contributed by atoms with Crippen molar-refractivity contribution in [1.29, 1.82) is 0 Å². The maximum Gasteiger partial charge on any atom is 0.416 e. The van der Waals surface area contributed by atoms with Gasteiger partial charge in [-0.25, -0.2) is 4.79 Å². The summed E-state index contributed by atoms with van der Waals surface area (Å²) in [5.41, 5.74) is -0.354. The Bertz CT molecular complexity index is 926. The van der Waals surface area contributed by atoms with Gasteiger partial charge in [-0.15, -0.1) is 0 Å². The van der Waals surface area contributed by atoms with E-state index in [1.54, 1.807) is 0 Å². The van der Waals surface area contributed by atoms with Crippen LogP contribution in [0.3, 0.4) is 0 Å². The van der Waals surface area contributed by atoms with Crippen LogP contribution in [0.1, 0.15) is 31.4 Å². The molecule has 4 atom stereocenters. The summed E-state index contributed by atoms with van der Waals surface area (Å²) in [5.74, 6) is -2.90. The number of aliphatic carboxylic acids is 1. The Morgan fingerprint density at radius 2 is 1.97 bits per heavy atom. The van der Waals surface area contributed by atoms with Gasteiger partial charge in [-0.3, -0.25) is 14.5 Å². The number of carboxylic acid groups (broad SMARTS) is 1. The number of hydrogen-bond acceptors (Lipinski definition) is 5. The molecule has 1 aromatic rings. The van der Waals surface area contributed by atoms with Gasteiger partial charge in [0, 0.05) is 6.61 Å². The molecular weight excluding hydrogens is 501 g/mol. The first-order chi connectivity index (χ1) is 15.9. The highest BCUT2D eigenvalue weighted by Crippen LogP contribution is 2.33. The standard InChI is InChI=1S/C21H24ClF3N2O6S/c1-3-9-33-10-8-12(2)17(20(30)31)27-18(29)16(19(27)34(22)32)26-15(28)11-13-4-6-14(7-5-13)21(23,24)25/h4-8,16-17,19H,3,9-11H2,1-2H3,(H,26,28)(H,30,31). The minimum atomic E-state index is -4.52. The first-order valence-corrected chi connectivity index (χ1v) is 12.2. The van der Waals surface area contributed by atoms with Crippen molar-refractivity contribution in [3.8, 4) is 0 Å². The van der Waals surface area contributed by atoms with Crippen LogP contribution in [0.25, 0.3) is 0 Å². The normalized spacial score (nSPS) is 20.5. The summed E-state index contributed by atoms with van der Waals surface area (Å²) >= 11 is 0. The van der Waals surface area contributed by atoms with E-state index in [1.165, 1.54) is 13.0 Å². The molecule has 0 spiro atoms. The van der Waals surface area contributed by atoms with Crippen LogP contribution in [0, 0.1) is 0 Å². The molecule has 0 aromatic heterocycles. The number of hydrogen-bond donors (Lipinski definition) is 2. The summed E-state index contributed by atoms with van der Waals surface area (Å²) in [6, 6.07) is 1.10. The Labute approximate surface area is 201 Å². The number of rotatable bonds is 11. The van der Waals surface area contributed by atoms with Crippen LogP contribution >= 0.6 is 10.7 Å². The lowest BCUT2D eigenvalue weighted by molar-refractivity contribution is -0.160. The number of nitrogens with zero attached hydrogens (tertiary/aromatic N) is 1. The number of alkyl halides is 3. The van der Waals surface area contributed by atoms with Gasteiger partial charge in [0.25, 0.3) is 5.91 Å². The van der Waals surface area contributed by atoms with Crippen LogP contribution < -0.4 is 5.32 Å². The molecule has 0 saturated carbocycles. The van der Waals surface area contributed by atoms with E-state index in [9.17, 15) is 37.2 Å². The topological polar surface area (TPSA) is 119 Å². The zero-order valence-corrected chi connectivity index (χ0v) is 19.9. The van der Waals surface area contributed by atoms with E-state index in [2.05, 4.69) is 5.32 Å². The Kier molecular flexibility index (Phi) is 9.80. The fourth-order valence-electron chi connectivity index (χ4n) is 3.37. The number of benzene rings is 1. The molecule has 2 rings (SSSR count). The Balaban J connectivity index is 2.10. The maximum absolute atomic E-state index is 12.7. The van der Waals surface area contributed by atoms with Crippen molar-refractivity contribution >= 4 is 38.9 Å². The molecule has 0 aliphatic carbocycles. The predicted molar refractivity (Wildman–Crippen MR) is 118 cm³/mol. The number of carbonyl (C=O) groups is 3. The summed E-state index contributed by atoms with van der Waals surface area (Å²) < 4.78 is 55.4. The number of ether oxygens (including phenoxy) is 1. The number of nitrogens with one attached hydrogen (secondary N) is 1. The van der Waals surface area contributed by atoms with Crippen molar-refractivity contribution in [3.63, 3.8) is 0 Å². The molecule has 0 bridgehead atoms. The molecule has 0 radical (unpaired) electrons. The minimum absolute atomic E-state index is 0.118. The predicted octanol–water partition coefficient (Wildman–Crippen LogP) is 2.63. The summed E-state index contributed by atoms with van der Waals surface area (Å²) in [6.45, 7) is 3.97. The van der Waals surface area contributed by atoms with Crippen LogP contribution in [0.2, 0.25) is 0 Å². The van der Waals surface area contributed by atoms with Gasteiger partial charge in [-0.05, 0) is 36.6 Å². The number of β-lactam (4-membered cyclic amide) rings is 1. The highest BCUT2D eigenvalue weighted by Gasteiger charge is 2.60. The quantitative estimate of drug-likeness (QED) is 0.199. The summed E-state index contributed by atoms with van der Waals surface area (Å²) in [4.78, 5) is 37.8. The number of amides is 2. The first-order valence-electron chi connectivity index (χ1n) is 10.2. The van der Waals surface area contributed by atoms with Crippen molar-refractivity contribution < 1.29 is 42.0 Å². The number of likely N-dealkylation sites (tertiary alicyclic amines) is 1. The van der Waals surface area contributed by atoms with E-state index in [0.717, 1.165) is 35.6 Å². The highest BCUT2D eigenvalue weighted by molar-refractivity contribution is 8.14. The van der Waals surface area contributed by atoms with E-state index < -0.39 is 57.4 Å². The molecule has 1 saturated heterocycles. The third-order valence-corrected chi connectivity index (χ3v) is 6.47. The number of carboxylic acids is 1. The van der Waals surface area contributed by atoms with E-state index in [1.807, 2.05) is 6.92 Å². The van der Waals surface area contributed by atoms with Crippen molar-refractivity contribution in [1.82, 2.24) is 10.2 Å². The van der Waals surface area contributed by atoms with E-state index in [4.69, 9.17) is 15.4 Å². The summed E-state index contributed by atoms with van der Waals surface area (Å²) in [6.07, 6.45) is -2.61. The number of carbonyl (C=O) groups excluding carboxylic acids is 2. The molecule has 13 heteroatoms. The van der Waals surface area contributed by atoms with Gasteiger partial charge in [0.2, 0.25) is 11.3 Å². The van der Waals surface area contributed by atoms with E-state index in [0.29, 0.717) is 6.61 Å². The molecule has 1 heterocycles. The molecule has 1 fully saturated rings. The summed E-state index contributed by atoms with van der Waals surface area (Å²) in [5, 5.41) is 10.7. The Hall–Kier alpha value is -2.28. The monoisotopic (exact) mass is 524 g/mol. The molecule has 2 N–H and O–H groups in total. The van der Waals surface area contributed by atoms with Crippen LogP contribution in [0.15, 0.2) is 35.9 Å². The molecule has 1 aliphatic heterocycles. The van der Waals surface area contributed by atoms with Crippen molar-refractivity contribution in [2.45, 2.75) is 50.3 Å². The molecule has 4 unspecified atom stereocenters. The highest BCUT2D eigenvalue weighted by atomic mass is 35.7. The zero-order chi connectivity index (χ0) is 25.6. The van der Waals surface area contributed by atoms with Crippen LogP contribution in [-0.4, -0.2) is 63.0 Å². The van der Waals surface area contributed by atoms with Gasteiger partial charge in [0.15, 0.2) is 22.8 Å². The SMILES string of the molecule is CCCOCC=C(C)C(C(=O)O)N1C(=O)C(NC(=O)Cc2ccc(C(F)(F)F)cc2)C1[S+]([O-])Cl. The first kappa shape index (κ1) is 28.0. The molecule has 34 heavy (non-hydrogen) atoms. The van der Waals surface area contributed by atoms with Gasteiger partial charge in [0.05, 0.1) is 29.0 Å². The second-order valence-electron chi connectivity index (χ2n) is 7.56. The summed E-state index contributed by atoms with van der Waals surface area (Å²) in [7, 11) is 3.49. The van der Waals surface area contributed by atoms with E-state index in [-0.39, 0.29) is 24.2 Å². The van der Waals surface area contributed by atoms with Gasteiger partial charge in [0.1, 0.15) is 0 Å².